The maximum Gasteiger partial charge on any atom is 0.333 e. The molecule has 0 amide bonds. The summed E-state index contributed by atoms with van der Waals surface area (Å²) in [7, 11) is 0. The fourth-order valence-corrected chi connectivity index (χ4v) is 1.87. The van der Waals surface area contributed by atoms with Gasteiger partial charge in [-0.15, -0.1) is 6.58 Å². The second-order valence-corrected chi connectivity index (χ2v) is 4.61. The Kier molecular flexibility index (Phi) is 5.71. The van der Waals surface area contributed by atoms with Gasteiger partial charge in [-0.25, -0.2) is 0 Å². The fraction of sp³-hybridized carbons (Fsp3) is 0.357. The fourth-order valence-electron chi connectivity index (χ4n) is 1.87. The highest BCUT2D eigenvalue weighted by atomic mass is 16.6. The van der Waals surface area contributed by atoms with Crippen LogP contribution in [0, 0.1) is 10.1 Å². The van der Waals surface area contributed by atoms with E-state index in [-0.39, 0.29) is 36.3 Å². The first-order valence-electron chi connectivity index (χ1n) is 6.38. The number of para-hydroxylation sites is 1. The van der Waals surface area contributed by atoms with E-state index in [1.165, 1.54) is 23.1 Å². The summed E-state index contributed by atoms with van der Waals surface area (Å²) >= 11 is 0. The van der Waals surface area contributed by atoms with Gasteiger partial charge in [0.2, 0.25) is 0 Å². The average molecular weight is 294 g/mol. The average Bonchev–Trinajstić information content (AvgIpc) is 2.36. The maximum atomic E-state index is 11.3. The number of aliphatic carboxylic acids is 1. The van der Waals surface area contributed by atoms with Gasteiger partial charge < -0.3 is 14.7 Å². The van der Waals surface area contributed by atoms with Crippen molar-refractivity contribution in [3.63, 3.8) is 0 Å². The molecule has 0 saturated heterocycles. The summed E-state index contributed by atoms with van der Waals surface area (Å²) in [6.45, 7) is 6.88. The van der Waals surface area contributed by atoms with Crippen LogP contribution in [-0.4, -0.2) is 35.2 Å². The molecule has 1 rings (SSSR count). The summed E-state index contributed by atoms with van der Waals surface area (Å²) < 4.78 is 5.44. The van der Waals surface area contributed by atoms with Gasteiger partial charge in [0.15, 0.2) is 5.75 Å². The van der Waals surface area contributed by atoms with Crippen molar-refractivity contribution in [2.24, 2.45) is 0 Å². The Bertz CT molecular complexity index is 542. The van der Waals surface area contributed by atoms with Crippen molar-refractivity contribution in [1.29, 1.82) is 0 Å². The number of carboxylic acids is 1. The minimum atomic E-state index is -1.08. The van der Waals surface area contributed by atoms with Crippen molar-refractivity contribution >= 4 is 17.3 Å². The largest absolute Gasteiger partial charge is 0.484 e. The molecule has 114 valence electrons. The number of nitro benzene ring substituents is 1. The van der Waals surface area contributed by atoms with Gasteiger partial charge in [-0.1, -0.05) is 12.1 Å². The Balaban J connectivity index is 3.34. The molecule has 0 aliphatic heterocycles. The molecule has 0 fully saturated rings. The summed E-state index contributed by atoms with van der Waals surface area (Å²) in [4.78, 5) is 23.1. The van der Waals surface area contributed by atoms with Crippen LogP contribution in [0.5, 0.6) is 5.75 Å². The Morgan fingerprint density at radius 2 is 2.24 bits per heavy atom. The van der Waals surface area contributed by atoms with E-state index in [0.717, 1.165) is 0 Å². The molecule has 0 unspecified atom stereocenters. The summed E-state index contributed by atoms with van der Waals surface area (Å²) in [6.07, 6.45) is 1.26. The third-order valence-electron chi connectivity index (χ3n) is 2.54. The molecular formula is C14H18N2O5. The van der Waals surface area contributed by atoms with Gasteiger partial charge in [-0.05, 0) is 26.0 Å². The Morgan fingerprint density at radius 1 is 1.57 bits per heavy atom. The number of carbonyl (C=O) groups is 1. The van der Waals surface area contributed by atoms with Gasteiger partial charge in [0, 0.05) is 6.54 Å². The molecule has 0 bridgehead atoms. The second kappa shape index (κ2) is 7.28. The molecular weight excluding hydrogens is 276 g/mol. The van der Waals surface area contributed by atoms with Gasteiger partial charge in [0.05, 0.1) is 11.0 Å². The lowest BCUT2D eigenvalue weighted by atomic mass is 10.2. The number of benzene rings is 1. The number of hydrogen-bond acceptors (Lipinski definition) is 5. The Labute approximate surface area is 122 Å². The van der Waals surface area contributed by atoms with Crippen LogP contribution >= 0.6 is 0 Å². The predicted octanol–water partition coefficient (Wildman–Crippen LogP) is 2.46. The number of rotatable bonds is 8. The molecule has 0 aliphatic rings. The highest BCUT2D eigenvalue weighted by Gasteiger charge is 2.26. The van der Waals surface area contributed by atoms with E-state index in [4.69, 9.17) is 9.84 Å². The van der Waals surface area contributed by atoms with E-state index < -0.39 is 10.9 Å². The van der Waals surface area contributed by atoms with Crippen molar-refractivity contribution in [2.75, 3.05) is 18.0 Å². The molecule has 0 spiro atoms. The third kappa shape index (κ3) is 4.48. The summed E-state index contributed by atoms with van der Waals surface area (Å²) in [5, 5.41) is 20.3. The first kappa shape index (κ1) is 16.5. The van der Waals surface area contributed by atoms with Gasteiger partial charge >= 0.3 is 11.7 Å². The van der Waals surface area contributed by atoms with Gasteiger partial charge in [-0.2, -0.15) is 0 Å². The minimum Gasteiger partial charge on any atom is -0.484 e. The number of carboxylic acid groups (broad SMARTS) is 1. The smallest absolute Gasteiger partial charge is 0.333 e. The van der Waals surface area contributed by atoms with E-state index in [2.05, 4.69) is 6.58 Å². The SMILES string of the molecule is C=CCN(CC(=O)O)c1cccc(OC(C)C)c1[N+](=O)[O-]. The lowest BCUT2D eigenvalue weighted by Crippen LogP contribution is -2.30. The van der Waals surface area contributed by atoms with Gasteiger partial charge in [-0.3, -0.25) is 14.9 Å². The molecule has 7 nitrogen and oxygen atoms in total. The van der Waals surface area contributed by atoms with Crippen LogP contribution in [0.25, 0.3) is 0 Å². The molecule has 1 aromatic carbocycles. The third-order valence-corrected chi connectivity index (χ3v) is 2.54. The summed E-state index contributed by atoms with van der Waals surface area (Å²) in [6, 6.07) is 4.59. The highest BCUT2D eigenvalue weighted by Crippen LogP contribution is 2.37. The molecule has 7 heteroatoms. The first-order valence-corrected chi connectivity index (χ1v) is 6.38. The predicted molar refractivity (Wildman–Crippen MR) is 78.9 cm³/mol. The molecule has 1 aromatic rings. The first-order chi connectivity index (χ1) is 9.86. The topological polar surface area (TPSA) is 92.9 Å². The van der Waals surface area contributed by atoms with Gasteiger partial charge in [0.25, 0.3) is 0 Å². The maximum absolute atomic E-state index is 11.3. The van der Waals surface area contributed by atoms with Crippen LogP contribution in [0.3, 0.4) is 0 Å². The van der Waals surface area contributed by atoms with Crippen LogP contribution in [0.2, 0.25) is 0 Å². The summed E-state index contributed by atoms with van der Waals surface area (Å²) in [5.41, 5.74) is -0.0465. The van der Waals surface area contributed by atoms with Crippen LogP contribution in [-0.2, 0) is 4.79 Å². The lowest BCUT2D eigenvalue weighted by molar-refractivity contribution is -0.385. The molecule has 0 heterocycles. The van der Waals surface area contributed by atoms with Crippen LogP contribution in [0.15, 0.2) is 30.9 Å². The van der Waals surface area contributed by atoms with E-state index in [9.17, 15) is 14.9 Å². The Morgan fingerprint density at radius 3 is 2.71 bits per heavy atom. The molecule has 1 N–H and O–H groups in total. The highest BCUT2D eigenvalue weighted by molar-refractivity contribution is 5.78. The van der Waals surface area contributed by atoms with Crippen molar-refractivity contribution in [3.8, 4) is 5.75 Å². The number of ether oxygens (including phenoxy) is 1. The van der Waals surface area contributed by atoms with E-state index in [1.54, 1.807) is 19.9 Å². The molecule has 0 atom stereocenters. The monoisotopic (exact) mass is 294 g/mol. The zero-order valence-electron chi connectivity index (χ0n) is 12.0. The van der Waals surface area contributed by atoms with Crippen LogP contribution < -0.4 is 9.64 Å². The van der Waals surface area contributed by atoms with Gasteiger partial charge in [0.1, 0.15) is 12.2 Å². The normalized spacial score (nSPS) is 10.2. The second-order valence-electron chi connectivity index (χ2n) is 4.61. The van der Waals surface area contributed by atoms with Crippen molar-refractivity contribution < 1.29 is 19.6 Å². The van der Waals surface area contributed by atoms with Crippen LogP contribution in [0.4, 0.5) is 11.4 Å². The zero-order chi connectivity index (χ0) is 16.0. The number of nitro groups is 1. The standard InChI is InChI=1S/C14H18N2O5/c1-4-8-15(9-13(17)18)11-6-5-7-12(21-10(2)3)14(11)16(19)20/h4-7,10H,1,8-9H2,2-3H3,(H,17,18). The molecule has 21 heavy (non-hydrogen) atoms. The molecule has 0 saturated carbocycles. The van der Waals surface area contributed by atoms with E-state index in [0.29, 0.717) is 0 Å². The molecule has 0 aliphatic carbocycles. The Hall–Kier alpha value is -2.57. The quantitative estimate of drug-likeness (QED) is 0.450. The lowest BCUT2D eigenvalue weighted by Gasteiger charge is -2.22. The molecule has 0 radical (unpaired) electrons. The van der Waals surface area contributed by atoms with E-state index in [1.807, 2.05) is 0 Å². The summed E-state index contributed by atoms with van der Waals surface area (Å²) in [5.74, 6) is -0.965. The molecule has 0 aromatic heterocycles. The van der Waals surface area contributed by atoms with Crippen molar-refractivity contribution in [1.82, 2.24) is 0 Å². The minimum absolute atomic E-state index is 0.118. The number of anilines is 1. The van der Waals surface area contributed by atoms with Crippen LogP contribution in [0.1, 0.15) is 13.8 Å². The number of hydrogen-bond donors (Lipinski definition) is 1. The zero-order valence-corrected chi connectivity index (χ0v) is 12.0. The van der Waals surface area contributed by atoms with Crippen molar-refractivity contribution in [3.05, 3.63) is 41.0 Å². The van der Waals surface area contributed by atoms with E-state index >= 15 is 0 Å². The van der Waals surface area contributed by atoms with Crippen molar-refractivity contribution in [2.45, 2.75) is 20.0 Å². The number of nitrogens with zero attached hydrogens (tertiary/aromatic N) is 2.